The van der Waals surface area contributed by atoms with Crippen LogP contribution in [0.2, 0.25) is 0 Å². The molecule has 0 bridgehead atoms. The molecular weight excluding hydrogens is 310 g/mol. The van der Waals surface area contributed by atoms with Crippen molar-refractivity contribution < 1.29 is 13.2 Å². The molecule has 5 heteroatoms. The minimum absolute atomic E-state index is 0.244. The highest BCUT2D eigenvalue weighted by Gasteiger charge is 2.13. The van der Waals surface area contributed by atoms with Gasteiger partial charge in [0.2, 0.25) is 10.0 Å². The molecule has 0 amide bonds. The van der Waals surface area contributed by atoms with Crippen LogP contribution in [0.15, 0.2) is 53.4 Å². The average molecular weight is 331 g/mol. The van der Waals surface area contributed by atoms with Gasteiger partial charge in [0, 0.05) is 6.54 Å². The lowest BCUT2D eigenvalue weighted by Gasteiger charge is -2.17. The van der Waals surface area contributed by atoms with Gasteiger partial charge < -0.3 is 4.74 Å². The molecule has 2 aromatic carbocycles. The van der Waals surface area contributed by atoms with Gasteiger partial charge in [0.05, 0.1) is 4.90 Å². The van der Waals surface area contributed by atoms with E-state index in [2.05, 4.69) is 16.9 Å². The van der Waals surface area contributed by atoms with Gasteiger partial charge in [0.25, 0.3) is 0 Å². The van der Waals surface area contributed by atoms with E-state index in [9.17, 15) is 8.42 Å². The van der Waals surface area contributed by atoms with E-state index in [4.69, 9.17) is 4.74 Å². The fourth-order valence-corrected chi connectivity index (χ4v) is 3.86. The van der Waals surface area contributed by atoms with Gasteiger partial charge >= 0.3 is 0 Å². The van der Waals surface area contributed by atoms with Crippen LogP contribution in [0, 0.1) is 0 Å². The molecule has 1 N–H and O–H groups in total. The van der Waals surface area contributed by atoms with E-state index < -0.39 is 10.0 Å². The second-order valence-electron chi connectivity index (χ2n) is 5.70. The predicted octanol–water partition coefficient (Wildman–Crippen LogP) is 2.92. The number of hydrogen-bond acceptors (Lipinski definition) is 3. The summed E-state index contributed by atoms with van der Waals surface area (Å²) in [5, 5.41) is 0. The van der Waals surface area contributed by atoms with E-state index in [-0.39, 0.29) is 11.4 Å². The Morgan fingerprint density at radius 1 is 0.957 bits per heavy atom. The Balaban J connectivity index is 1.52. The zero-order valence-electron chi connectivity index (χ0n) is 13.0. The predicted molar refractivity (Wildman–Crippen MR) is 90.2 cm³/mol. The van der Waals surface area contributed by atoms with Crippen LogP contribution in [0.1, 0.15) is 24.0 Å². The second kappa shape index (κ2) is 7.15. The van der Waals surface area contributed by atoms with Gasteiger partial charge in [0.1, 0.15) is 12.4 Å². The summed E-state index contributed by atoms with van der Waals surface area (Å²) in [6, 6.07) is 14.5. The Hall–Kier alpha value is -1.85. The highest BCUT2D eigenvalue weighted by atomic mass is 32.2. The largest absolute Gasteiger partial charge is 0.492 e. The summed E-state index contributed by atoms with van der Waals surface area (Å²) in [6.45, 7) is 0.555. The van der Waals surface area contributed by atoms with E-state index in [1.807, 2.05) is 6.07 Å². The average Bonchev–Trinajstić information content (AvgIpc) is 2.59. The monoisotopic (exact) mass is 331 g/mol. The van der Waals surface area contributed by atoms with Crippen LogP contribution in [0.3, 0.4) is 0 Å². The maximum Gasteiger partial charge on any atom is 0.240 e. The Labute approximate surface area is 137 Å². The smallest absolute Gasteiger partial charge is 0.240 e. The number of fused-ring (bicyclic) bond motifs is 1. The normalized spacial score (nSPS) is 14.3. The zero-order valence-corrected chi connectivity index (χ0v) is 13.8. The minimum atomic E-state index is -3.46. The molecule has 0 spiro atoms. The summed E-state index contributed by atoms with van der Waals surface area (Å²) in [7, 11) is -3.46. The van der Waals surface area contributed by atoms with Crippen LogP contribution < -0.4 is 9.46 Å². The molecule has 1 aliphatic carbocycles. The first-order valence-corrected chi connectivity index (χ1v) is 9.43. The fraction of sp³-hybridized carbons (Fsp3) is 0.333. The molecule has 0 aliphatic heterocycles. The molecule has 4 nitrogen and oxygen atoms in total. The number of ether oxygens (including phenoxy) is 1. The van der Waals surface area contributed by atoms with E-state index in [0.29, 0.717) is 6.61 Å². The molecule has 0 saturated heterocycles. The fourth-order valence-electron chi connectivity index (χ4n) is 2.83. The quantitative estimate of drug-likeness (QED) is 0.828. The van der Waals surface area contributed by atoms with Gasteiger partial charge in [-0.25, -0.2) is 13.1 Å². The van der Waals surface area contributed by atoms with Gasteiger partial charge in [-0.1, -0.05) is 24.3 Å². The highest BCUT2D eigenvalue weighted by molar-refractivity contribution is 7.89. The highest BCUT2D eigenvalue weighted by Crippen LogP contribution is 2.25. The molecule has 3 rings (SSSR count). The van der Waals surface area contributed by atoms with Crippen molar-refractivity contribution in [2.24, 2.45) is 0 Å². The number of aryl methyl sites for hydroxylation is 2. The van der Waals surface area contributed by atoms with Crippen molar-refractivity contribution in [3.8, 4) is 5.75 Å². The summed E-state index contributed by atoms with van der Waals surface area (Å²) in [6.07, 6.45) is 4.74. The number of sulfonamides is 1. The topological polar surface area (TPSA) is 55.4 Å². The summed E-state index contributed by atoms with van der Waals surface area (Å²) in [5.74, 6) is 0.810. The maximum atomic E-state index is 12.1. The Morgan fingerprint density at radius 3 is 2.48 bits per heavy atom. The second-order valence-corrected chi connectivity index (χ2v) is 7.46. The summed E-state index contributed by atoms with van der Waals surface area (Å²) in [5.41, 5.74) is 2.77. The molecule has 122 valence electrons. The molecule has 1 aliphatic rings. The Morgan fingerprint density at radius 2 is 1.70 bits per heavy atom. The van der Waals surface area contributed by atoms with Crippen molar-refractivity contribution in [2.75, 3.05) is 13.2 Å². The third-order valence-electron chi connectivity index (χ3n) is 4.04. The lowest BCUT2D eigenvalue weighted by atomic mass is 9.92. The minimum Gasteiger partial charge on any atom is -0.492 e. The van der Waals surface area contributed by atoms with E-state index in [1.165, 1.54) is 24.0 Å². The van der Waals surface area contributed by atoms with Crippen molar-refractivity contribution in [3.05, 3.63) is 59.7 Å². The van der Waals surface area contributed by atoms with E-state index >= 15 is 0 Å². The standard InChI is InChI=1S/C18H21NO3S/c20-23(21,18-8-2-1-3-9-18)19-12-13-22-17-11-10-15-6-4-5-7-16(15)14-17/h1-3,8-11,14,19H,4-7,12-13H2. The first kappa shape index (κ1) is 16.0. The molecule has 23 heavy (non-hydrogen) atoms. The molecule has 0 aromatic heterocycles. The number of rotatable bonds is 6. The van der Waals surface area contributed by atoms with Crippen LogP contribution in [-0.4, -0.2) is 21.6 Å². The maximum absolute atomic E-state index is 12.1. The van der Waals surface area contributed by atoms with Gasteiger partial charge in [-0.05, 0) is 61.1 Å². The molecule has 0 unspecified atom stereocenters. The van der Waals surface area contributed by atoms with Gasteiger partial charge in [-0.3, -0.25) is 0 Å². The van der Waals surface area contributed by atoms with Crippen molar-refractivity contribution in [3.63, 3.8) is 0 Å². The van der Waals surface area contributed by atoms with Crippen molar-refractivity contribution in [2.45, 2.75) is 30.6 Å². The summed E-state index contributed by atoms with van der Waals surface area (Å²) in [4.78, 5) is 0.272. The Kier molecular flexibility index (Phi) is 4.98. The molecule has 2 aromatic rings. The van der Waals surface area contributed by atoms with Gasteiger partial charge in [-0.2, -0.15) is 0 Å². The van der Waals surface area contributed by atoms with E-state index in [1.54, 1.807) is 30.3 Å². The third-order valence-corrected chi connectivity index (χ3v) is 5.51. The third kappa shape index (κ3) is 4.12. The van der Waals surface area contributed by atoms with Crippen LogP contribution in [0.4, 0.5) is 0 Å². The molecule has 0 atom stereocenters. The summed E-state index contributed by atoms with van der Waals surface area (Å²) < 4.78 is 32.4. The van der Waals surface area contributed by atoms with Crippen molar-refractivity contribution >= 4 is 10.0 Å². The molecule has 0 fully saturated rings. The van der Waals surface area contributed by atoms with Crippen LogP contribution in [0.25, 0.3) is 0 Å². The molecule has 0 saturated carbocycles. The van der Waals surface area contributed by atoms with Crippen LogP contribution >= 0.6 is 0 Å². The van der Waals surface area contributed by atoms with Gasteiger partial charge in [-0.15, -0.1) is 0 Å². The van der Waals surface area contributed by atoms with Crippen molar-refractivity contribution in [1.29, 1.82) is 0 Å². The lowest BCUT2D eigenvalue weighted by Crippen LogP contribution is -2.28. The number of nitrogens with one attached hydrogen (secondary N) is 1. The zero-order chi connectivity index (χ0) is 16.1. The SMILES string of the molecule is O=S(=O)(NCCOc1ccc2c(c1)CCCC2)c1ccccc1. The molecular formula is C18H21NO3S. The first-order chi connectivity index (χ1) is 11.1. The molecule has 0 radical (unpaired) electrons. The first-order valence-electron chi connectivity index (χ1n) is 7.94. The number of hydrogen-bond donors (Lipinski definition) is 1. The Bertz CT molecular complexity index is 757. The summed E-state index contributed by atoms with van der Waals surface area (Å²) >= 11 is 0. The van der Waals surface area contributed by atoms with E-state index in [0.717, 1.165) is 18.6 Å². The number of benzene rings is 2. The van der Waals surface area contributed by atoms with Crippen LogP contribution in [-0.2, 0) is 22.9 Å². The van der Waals surface area contributed by atoms with Gasteiger partial charge in [0.15, 0.2) is 0 Å². The van der Waals surface area contributed by atoms with Crippen LogP contribution in [0.5, 0.6) is 5.75 Å². The lowest BCUT2D eigenvalue weighted by molar-refractivity contribution is 0.322. The molecule has 0 heterocycles. The van der Waals surface area contributed by atoms with Crippen molar-refractivity contribution in [1.82, 2.24) is 4.72 Å².